The summed E-state index contributed by atoms with van der Waals surface area (Å²) in [7, 11) is 2.15. The molecule has 2 aromatic heterocycles. The second kappa shape index (κ2) is 7.29. The number of rotatable bonds is 3. The van der Waals surface area contributed by atoms with Crippen molar-refractivity contribution in [2.75, 3.05) is 38.1 Å². The van der Waals surface area contributed by atoms with Gasteiger partial charge in [-0.3, -0.25) is 0 Å². The Morgan fingerprint density at radius 1 is 0.897 bits per heavy atom. The van der Waals surface area contributed by atoms with Crippen molar-refractivity contribution in [2.45, 2.75) is 6.92 Å². The van der Waals surface area contributed by atoms with Gasteiger partial charge in [-0.05, 0) is 44.3 Å². The molecule has 146 valence electrons. The van der Waals surface area contributed by atoms with E-state index in [1.807, 2.05) is 30.3 Å². The van der Waals surface area contributed by atoms with Gasteiger partial charge < -0.3 is 14.3 Å². The first-order chi connectivity index (χ1) is 14.2. The van der Waals surface area contributed by atoms with Gasteiger partial charge in [-0.25, -0.2) is 4.98 Å². The molecule has 0 bridgehead atoms. The molecule has 1 aliphatic rings. The van der Waals surface area contributed by atoms with Crippen molar-refractivity contribution in [3.8, 4) is 22.8 Å². The molecule has 6 nitrogen and oxygen atoms in total. The smallest absolute Gasteiger partial charge is 0.258 e. The normalized spacial score (nSPS) is 15.2. The summed E-state index contributed by atoms with van der Waals surface area (Å²) in [5.41, 5.74) is 4.02. The fraction of sp³-hybridized carbons (Fsp3) is 0.261. The van der Waals surface area contributed by atoms with Crippen molar-refractivity contribution in [1.29, 1.82) is 0 Å². The predicted molar refractivity (Wildman–Crippen MR) is 115 cm³/mol. The van der Waals surface area contributed by atoms with E-state index in [1.54, 1.807) is 0 Å². The molecule has 29 heavy (non-hydrogen) atoms. The molecule has 1 saturated heterocycles. The SMILES string of the molecule is Cc1ccc2nc(N3CCN(C)CC3)c(-c3noc(-c4ccccc4)n3)cc2c1. The molecule has 0 unspecified atom stereocenters. The predicted octanol–water partition coefficient (Wildman–Crippen LogP) is 4.01. The van der Waals surface area contributed by atoms with Crippen molar-refractivity contribution in [3.05, 3.63) is 60.2 Å². The van der Waals surface area contributed by atoms with E-state index in [-0.39, 0.29) is 0 Å². The summed E-state index contributed by atoms with van der Waals surface area (Å²) in [6, 6.07) is 18.3. The first-order valence-corrected chi connectivity index (χ1v) is 9.92. The highest BCUT2D eigenvalue weighted by Crippen LogP contribution is 2.33. The molecule has 6 heteroatoms. The van der Waals surface area contributed by atoms with Gasteiger partial charge in [0.15, 0.2) is 0 Å². The number of fused-ring (bicyclic) bond motifs is 1. The lowest BCUT2D eigenvalue weighted by Crippen LogP contribution is -2.45. The van der Waals surface area contributed by atoms with Crippen molar-refractivity contribution < 1.29 is 4.52 Å². The van der Waals surface area contributed by atoms with E-state index in [9.17, 15) is 0 Å². The molecule has 1 aliphatic heterocycles. The summed E-state index contributed by atoms with van der Waals surface area (Å²) in [5.74, 6) is 2.03. The van der Waals surface area contributed by atoms with Gasteiger partial charge in [0.25, 0.3) is 5.89 Å². The Morgan fingerprint density at radius 3 is 2.48 bits per heavy atom. The molecule has 5 rings (SSSR count). The molecule has 0 amide bonds. The Morgan fingerprint density at radius 2 is 1.69 bits per heavy atom. The van der Waals surface area contributed by atoms with Crippen LogP contribution in [0, 0.1) is 6.92 Å². The Labute approximate surface area is 169 Å². The lowest BCUT2D eigenvalue weighted by Gasteiger charge is -2.34. The number of likely N-dealkylation sites (N-methyl/N-ethyl adjacent to an activating group) is 1. The van der Waals surface area contributed by atoms with Crippen LogP contribution in [0.1, 0.15) is 5.56 Å². The third-order valence-corrected chi connectivity index (χ3v) is 5.44. The van der Waals surface area contributed by atoms with Gasteiger partial charge in [-0.15, -0.1) is 0 Å². The van der Waals surface area contributed by atoms with E-state index >= 15 is 0 Å². The minimum atomic E-state index is 0.522. The summed E-state index contributed by atoms with van der Waals surface area (Å²) in [4.78, 5) is 14.4. The minimum absolute atomic E-state index is 0.522. The molecule has 1 fully saturated rings. The van der Waals surface area contributed by atoms with Crippen LogP contribution in [0.2, 0.25) is 0 Å². The Hall–Kier alpha value is -3.25. The highest BCUT2D eigenvalue weighted by Gasteiger charge is 2.23. The van der Waals surface area contributed by atoms with E-state index in [0.29, 0.717) is 11.7 Å². The first-order valence-electron chi connectivity index (χ1n) is 9.92. The lowest BCUT2D eigenvalue weighted by molar-refractivity contribution is 0.312. The molecule has 0 saturated carbocycles. The number of anilines is 1. The van der Waals surface area contributed by atoms with Gasteiger partial charge in [0.05, 0.1) is 11.1 Å². The average Bonchev–Trinajstić information content (AvgIpc) is 3.24. The number of hydrogen-bond acceptors (Lipinski definition) is 6. The molecular weight excluding hydrogens is 362 g/mol. The first kappa shape index (κ1) is 17.8. The summed E-state index contributed by atoms with van der Waals surface area (Å²) in [5, 5.41) is 5.39. The molecule has 3 heterocycles. The summed E-state index contributed by atoms with van der Waals surface area (Å²) in [6.45, 7) is 5.97. The average molecular weight is 385 g/mol. The molecule has 4 aromatic rings. The van der Waals surface area contributed by atoms with Crippen molar-refractivity contribution >= 4 is 16.7 Å². The van der Waals surface area contributed by atoms with E-state index in [0.717, 1.165) is 54.0 Å². The maximum atomic E-state index is 5.58. The van der Waals surface area contributed by atoms with Crippen LogP contribution in [-0.2, 0) is 0 Å². The second-order valence-electron chi connectivity index (χ2n) is 7.64. The zero-order valence-corrected chi connectivity index (χ0v) is 16.7. The monoisotopic (exact) mass is 385 g/mol. The number of aryl methyl sites for hydroxylation is 1. The fourth-order valence-corrected chi connectivity index (χ4v) is 3.74. The van der Waals surface area contributed by atoms with Crippen LogP contribution in [-0.4, -0.2) is 53.3 Å². The van der Waals surface area contributed by atoms with Gasteiger partial charge in [0.1, 0.15) is 5.82 Å². The molecule has 0 spiro atoms. The maximum absolute atomic E-state index is 5.58. The van der Waals surface area contributed by atoms with E-state index in [1.165, 1.54) is 5.56 Å². The standard InChI is InChI=1S/C23H23N5O/c1-16-8-9-20-18(14-16)15-19(22(24-20)28-12-10-27(2)11-13-28)21-25-23(29-26-21)17-6-4-3-5-7-17/h3-9,14-15H,10-13H2,1-2H3. The van der Waals surface area contributed by atoms with Crippen LogP contribution in [0.25, 0.3) is 33.7 Å². The Bertz CT molecular complexity index is 1150. The summed E-state index contributed by atoms with van der Waals surface area (Å²) in [6.07, 6.45) is 0. The highest BCUT2D eigenvalue weighted by atomic mass is 16.5. The fourth-order valence-electron chi connectivity index (χ4n) is 3.74. The quantitative estimate of drug-likeness (QED) is 0.531. The lowest BCUT2D eigenvalue weighted by atomic mass is 10.1. The number of nitrogens with zero attached hydrogens (tertiary/aromatic N) is 5. The van der Waals surface area contributed by atoms with E-state index < -0.39 is 0 Å². The molecular formula is C23H23N5O. The second-order valence-corrected chi connectivity index (χ2v) is 7.64. The number of piperazine rings is 1. The van der Waals surface area contributed by atoms with Crippen LogP contribution in [0.4, 0.5) is 5.82 Å². The van der Waals surface area contributed by atoms with Crippen LogP contribution >= 0.6 is 0 Å². The molecule has 0 radical (unpaired) electrons. The summed E-state index contributed by atoms with van der Waals surface area (Å²) < 4.78 is 5.58. The number of benzene rings is 2. The van der Waals surface area contributed by atoms with Gasteiger partial charge >= 0.3 is 0 Å². The van der Waals surface area contributed by atoms with Gasteiger partial charge in [0.2, 0.25) is 5.82 Å². The largest absolute Gasteiger partial charge is 0.353 e. The van der Waals surface area contributed by atoms with Gasteiger partial charge in [-0.1, -0.05) is 35.0 Å². The van der Waals surface area contributed by atoms with E-state index in [2.05, 4.69) is 53.2 Å². The van der Waals surface area contributed by atoms with Gasteiger partial charge in [-0.2, -0.15) is 4.98 Å². The molecule has 0 N–H and O–H groups in total. The van der Waals surface area contributed by atoms with E-state index in [4.69, 9.17) is 14.5 Å². The minimum Gasteiger partial charge on any atom is -0.353 e. The molecule has 0 atom stereocenters. The third kappa shape index (κ3) is 3.47. The maximum Gasteiger partial charge on any atom is 0.258 e. The highest BCUT2D eigenvalue weighted by molar-refractivity contribution is 5.88. The number of pyridine rings is 1. The molecule has 0 aliphatic carbocycles. The van der Waals surface area contributed by atoms with Crippen LogP contribution in [0.15, 0.2) is 59.1 Å². The van der Waals surface area contributed by atoms with Crippen LogP contribution < -0.4 is 4.90 Å². The zero-order valence-electron chi connectivity index (χ0n) is 16.7. The van der Waals surface area contributed by atoms with Crippen LogP contribution in [0.5, 0.6) is 0 Å². The Balaban J connectivity index is 1.63. The molecule has 2 aromatic carbocycles. The van der Waals surface area contributed by atoms with Crippen molar-refractivity contribution in [1.82, 2.24) is 20.0 Å². The third-order valence-electron chi connectivity index (χ3n) is 5.44. The Kier molecular flexibility index (Phi) is 4.48. The van der Waals surface area contributed by atoms with Gasteiger partial charge in [0, 0.05) is 37.1 Å². The topological polar surface area (TPSA) is 58.3 Å². The number of aromatic nitrogens is 3. The number of hydrogen-bond donors (Lipinski definition) is 0. The van der Waals surface area contributed by atoms with Crippen LogP contribution in [0.3, 0.4) is 0 Å². The van der Waals surface area contributed by atoms with Crippen molar-refractivity contribution in [3.63, 3.8) is 0 Å². The zero-order chi connectivity index (χ0) is 19.8. The summed E-state index contributed by atoms with van der Waals surface area (Å²) >= 11 is 0. The van der Waals surface area contributed by atoms with Crippen molar-refractivity contribution in [2.24, 2.45) is 0 Å².